The van der Waals surface area contributed by atoms with Gasteiger partial charge in [-0.25, -0.2) is 9.78 Å². The van der Waals surface area contributed by atoms with Crippen LogP contribution in [-0.2, 0) is 6.61 Å². The van der Waals surface area contributed by atoms with Gasteiger partial charge in [0.2, 0.25) is 5.82 Å². The van der Waals surface area contributed by atoms with Gasteiger partial charge in [-0.05, 0) is 66.2 Å². The molecule has 0 saturated heterocycles. The van der Waals surface area contributed by atoms with E-state index >= 15 is 0 Å². The van der Waals surface area contributed by atoms with Crippen LogP contribution in [-0.4, -0.2) is 34.1 Å². The Morgan fingerprint density at radius 1 is 1.00 bits per heavy atom. The lowest BCUT2D eigenvalue weighted by Gasteiger charge is -2.11. The molecule has 2 heterocycles. The van der Waals surface area contributed by atoms with E-state index in [9.17, 15) is 9.59 Å². The Labute approximate surface area is 247 Å². The molecule has 0 unspecified atom stereocenters. The first kappa shape index (κ1) is 27.0. The predicted octanol–water partition coefficient (Wildman–Crippen LogP) is 6.74. The van der Waals surface area contributed by atoms with Crippen LogP contribution < -0.4 is 15.0 Å². The number of carboxylic acid groups (broad SMARTS) is 1. The molecular weight excluding hydrogens is 602 g/mol. The highest BCUT2D eigenvalue weighted by Crippen LogP contribution is 2.33. The number of nitrogens with zero attached hydrogens (tertiary/aromatic N) is 3. The quantitative estimate of drug-likeness (QED) is 0.187. The van der Waals surface area contributed by atoms with E-state index in [4.69, 9.17) is 24.0 Å². The Bertz CT molecular complexity index is 2050. The van der Waals surface area contributed by atoms with Crippen molar-refractivity contribution in [1.82, 2.24) is 9.66 Å². The molecule has 0 aliphatic heterocycles. The number of halogens is 1. The van der Waals surface area contributed by atoms with Crippen molar-refractivity contribution in [3.63, 3.8) is 0 Å². The monoisotopic (exact) mass is 623 g/mol. The molecule has 0 amide bonds. The van der Waals surface area contributed by atoms with Gasteiger partial charge in [0, 0.05) is 10.0 Å². The first-order valence-electron chi connectivity index (χ1n) is 12.8. The van der Waals surface area contributed by atoms with Gasteiger partial charge in [0.1, 0.15) is 23.7 Å². The maximum Gasteiger partial charge on any atom is 0.335 e. The number of hydrogen-bond donors (Lipinski definition) is 1. The Kier molecular flexibility index (Phi) is 7.28. The van der Waals surface area contributed by atoms with E-state index in [1.165, 1.54) is 23.0 Å². The lowest BCUT2D eigenvalue weighted by atomic mass is 10.1. The number of benzene rings is 4. The van der Waals surface area contributed by atoms with Crippen molar-refractivity contribution < 1.29 is 23.8 Å². The summed E-state index contributed by atoms with van der Waals surface area (Å²) in [6.07, 6.45) is 1.53. The zero-order valence-electron chi connectivity index (χ0n) is 22.2. The molecule has 1 N–H and O–H groups in total. The molecule has 0 spiro atoms. The number of rotatable bonds is 8. The summed E-state index contributed by atoms with van der Waals surface area (Å²) >= 11 is 3.49. The summed E-state index contributed by atoms with van der Waals surface area (Å²) in [6, 6.07) is 26.2. The highest BCUT2D eigenvalue weighted by atomic mass is 79.9. The van der Waals surface area contributed by atoms with Gasteiger partial charge in [-0.15, -0.1) is 0 Å². The number of carbonyl (C=O) groups is 1. The average Bonchev–Trinajstić information content (AvgIpc) is 3.45. The highest BCUT2D eigenvalue weighted by molar-refractivity contribution is 9.10. The van der Waals surface area contributed by atoms with Crippen LogP contribution in [0.2, 0.25) is 0 Å². The molecule has 6 aromatic rings. The second-order valence-electron chi connectivity index (χ2n) is 9.27. The molecule has 0 atom stereocenters. The third kappa shape index (κ3) is 5.27. The van der Waals surface area contributed by atoms with Gasteiger partial charge in [0.15, 0.2) is 5.76 Å². The minimum Gasteiger partial charge on any atom is -0.496 e. The number of furan rings is 1. The first-order chi connectivity index (χ1) is 20.4. The predicted molar refractivity (Wildman–Crippen MR) is 163 cm³/mol. The zero-order valence-corrected chi connectivity index (χ0v) is 23.7. The molecule has 0 saturated carbocycles. The molecule has 0 radical (unpaired) electrons. The van der Waals surface area contributed by atoms with Gasteiger partial charge in [-0.1, -0.05) is 46.3 Å². The molecule has 0 bridgehead atoms. The molecule has 208 valence electrons. The van der Waals surface area contributed by atoms with Crippen molar-refractivity contribution in [2.24, 2.45) is 5.10 Å². The van der Waals surface area contributed by atoms with Crippen LogP contribution in [0.5, 0.6) is 11.5 Å². The van der Waals surface area contributed by atoms with E-state index in [1.54, 1.807) is 49.6 Å². The topological polar surface area (TPSA) is 116 Å². The summed E-state index contributed by atoms with van der Waals surface area (Å²) in [5.74, 6) is 0.734. The van der Waals surface area contributed by atoms with Gasteiger partial charge in [-0.2, -0.15) is 9.78 Å². The molecule has 0 aliphatic carbocycles. The fourth-order valence-corrected chi connectivity index (χ4v) is 4.87. The highest BCUT2D eigenvalue weighted by Gasteiger charge is 2.18. The lowest BCUT2D eigenvalue weighted by molar-refractivity contribution is 0.0697. The zero-order chi connectivity index (χ0) is 29.2. The maximum atomic E-state index is 13.7. The van der Waals surface area contributed by atoms with Gasteiger partial charge in [0.05, 0.1) is 35.2 Å². The van der Waals surface area contributed by atoms with Crippen molar-refractivity contribution in [3.05, 3.63) is 123 Å². The van der Waals surface area contributed by atoms with Crippen LogP contribution in [0.15, 0.2) is 110 Å². The summed E-state index contributed by atoms with van der Waals surface area (Å²) in [4.78, 5) is 29.6. The van der Waals surface area contributed by atoms with Gasteiger partial charge in [0.25, 0.3) is 5.56 Å². The lowest BCUT2D eigenvalue weighted by Crippen LogP contribution is -2.20. The summed E-state index contributed by atoms with van der Waals surface area (Å²) in [5, 5.41) is 14.8. The standard InChI is InChI=1S/C32H22BrN3O6/c1-40-27-7-4-8-28-24(27)16-29(42-28)30-35-25-6-3-2-5-23(25)31(37)36(30)34-17-21-15-22(33)13-14-26(21)41-18-19-9-11-20(12-10-19)32(38)39/h2-17H,18H2,1H3,(H,38,39). The Balaban J connectivity index is 1.41. The van der Waals surface area contributed by atoms with Crippen LogP contribution in [0.25, 0.3) is 33.5 Å². The van der Waals surface area contributed by atoms with E-state index in [1.807, 2.05) is 36.4 Å². The number of hydrogen-bond acceptors (Lipinski definition) is 7. The molecule has 6 rings (SSSR count). The SMILES string of the molecule is COc1cccc2oc(-c3nc4ccccc4c(=O)n3N=Cc3cc(Br)ccc3OCc3ccc(C(=O)O)cc3)cc12. The minimum atomic E-state index is -0.992. The number of aromatic nitrogens is 2. The Morgan fingerprint density at radius 2 is 1.81 bits per heavy atom. The average molecular weight is 624 g/mol. The smallest absolute Gasteiger partial charge is 0.335 e. The van der Waals surface area contributed by atoms with E-state index < -0.39 is 5.97 Å². The number of para-hydroxylation sites is 1. The van der Waals surface area contributed by atoms with Crippen molar-refractivity contribution in [1.29, 1.82) is 0 Å². The normalized spacial score (nSPS) is 11.4. The Morgan fingerprint density at radius 3 is 2.60 bits per heavy atom. The molecule has 0 fully saturated rings. The second-order valence-corrected chi connectivity index (χ2v) is 10.2. The summed E-state index contributed by atoms with van der Waals surface area (Å²) in [6.45, 7) is 0.200. The number of aromatic carboxylic acids is 1. The number of ether oxygens (including phenoxy) is 2. The van der Waals surface area contributed by atoms with Gasteiger partial charge >= 0.3 is 5.97 Å². The Hall–Kier alpha value is -5.22. The summed E-state index contributed by atoms with van der Waals surface area (Å²) in [5.41, 5.74) is 2.32. The van der Waals surface area contributed by atoms with E-state index in [2.05, 4.69) is 21.0 Å². The number of fused-ring (bicyclic) bond motifs is 2. The second kappa shape index (κ2) is 11.3. The van der Waals surface area contributed by atoms with E-state index in [0.717, 1.165) is 15.4 Å². The van der Waals surface area contributed by atoms with E-state index in [-0.39, 0.29) is 23.6 Å². The summed E-state index contributed by atoms with van der Waals surface area (Å²) < 4.78 is 19.6. The fraction of sp³-hybridized carbons (Fsp3) is 0.0625. The van der Waals surface area contributed by atoms with Crippen molar-refractivity contribution in [2.75, 3.05) is 7.11 Å². The molecule has 9 nitrogen and oxygen atoms in total. The van der Waals surface area contributed by atoms with Crippen molar-refractivity contribution >= 4 is 50.0 Å². The van der Waals surface area contributed by atoms with Gasteiger partial charge < -0.3 is 19.0 Å². The van der Waals surface area contributed by atoms with Crippen LogP contribution >= 0.6 is 15.9 Å². The van der Waals surface area contributed by atoms with Crippen molar-refractivity contribution in [2.45, 2.75) is 6.61 Å². The van der Waals surface area contributed by atoms with Crippen LogP contribution in [0.1, 0.15) is 21.5 Å². The number of carboxylic acids is 1. The third-order valence-corrected chi connectivity index (χ3v) is 7.09. The van der Waals surface area contributed by atoms with Crippen LogP contribution in [0, 0.1) is 0 Å². The van der Waals surface area contributed by atoms with E-state index in [0.29, 0.717) is 39.3 Å². The molecule has 2 aromatic heterocycles. The molecular formula is C32H22BrN3O6. The van der Waals surface area contributed by atoms with Crippen LogP contribution in [0.4, 0.5) is 0 Å². The first-order valence-corrected chi connectivity index (χ1v) is 13.6. The minimum absolute atomic E-state index is 0.198. The molecule has 4 aromatic carbocycles. The summed E-state index contributed by atoms with van der Waals surface area (Å²) in [7, 11) is 1.58. The molecule has 42 heavy (non-hydrogen) atoms. The van der Waals surface area contributed by atoms with Crippen molar-refractivity contribution in [3.8, 4) is 23.1 Å². The molecule has 10 heteroatoms. The number of methoxy groups -OCH3 is 1. The fourth-order valence-electron chi connectivity index (χ4n) is 4.49. The van der Waals surface area contributed by atoms with Crippen LogP contribution in [0.3, 0.4) is 0 Å². The largest absolute Gasteiger partial charge is 0.496 e. The third-order valence-electron chi connectivity index (χ3n) is 6.59. The molecule has 0 aliphatic rings. The van der Waals surface area contributed by atoms with Gasteiger partial charge in [-0.3, -0.25) is 4.79 Å². The maximum absolute atomic E-state index is 13.7.